The zero-order chi connectivity index (χ0) is 20.5. The molecule has 0 atom stereocenters. The number of halogens is 3. The Morgan fingerprint density at radius 1 is 1.07 bits per heavy atom. The van der Waals surface area contributed by atoms with Crippen molar-refractivity contribution in [3.05, 3.63) is 46.8 Å². The van der Waals surface area contributed by atoms with E-state index in [9.17, 15) is 22.8 Å². The van der Waals surface area contributed by atoms with Crippen molar-refractivity contribution >= 4 is 11.8 Å². The lowest BCUT2D eigenvalue weighted by Gasteiger charge is -2.20. The van der Waals surface area contributed by atoms with Crippen LogP contribution in [0.5, 0.6) is 0 Å². The predicted octanol–water partition coefficient (Wildman–Crippen LogP) is 1.35. The van der Waals surface area contributed by atoms with Crippen LogP contribution >= 0.6 is 0 Å². The predicted molar refractivity (Wildman–Crippen MR) is 94.9 cm³/mol. The minimum absolute atomic E-state index is 0.00641. The van der Waals surface area contributed by atoms with Gasteiger partial charge in [-0.3, -0.25) is 9.59 Å². The first-order valence-electron chi connectivity index (χ1n) is 9.53. The van der Waals surface area contributed by atoms with Crippen LogP contribution in [0.3, 0.4) is 0 Å². The van der Waals surface area contributed by atoms with Gasteiger partial charge in [0.05, 0.1) is 13.0 Å². The average Bonchev–Trinajstić information content (AvgIpc) is 3.51. The maximum absolute atomic E-state index is 13.9. The molecule has 0 bridgehead atoms. The molecule has 0 radical (unpaired) electrons. The first-order chi connectivity index (χ1) is 13.9. The number of benzene rings is 1. The number of nitrogens with zero attached hydrogens (tertiary/aromatic N) is 4. The molecular weight excluding hydrogens is 387 g/mol. The van der Waals surface area contributed by atoms with Gasteiger partial charge in [0.15, 0.2) is 17.5 Å². The van der Waals surface area contributed by atoms with Crippen LogP contribution in [0.4, 0.5) is 13.2 Å². The Morgan fingerprint density at radius 2 is 1.83 bits per heavy atom. The molecule has 2 aliphatic rings. The van der Waals surface area contributed by atoms with E-state index < -0.39 is 35.3 Å². The molecule has 1 saturated carbocycles. The van der Waals surface area contributed by atoms with Gasteiger partial charge in [-0.2, -0.15) is 0 Å². The quantitative estimate of drug-likeness (QED) is 0.759. The molecule has 0 unspecified atom stereocenters. The third kappa shape index (κ3) is 4.10. The Morgan fingerprint density at radius 3 is 2.59 bits per heavy atom. The van der Waals surface area contributed by atoms with Crippen molar-refractivity contribution in [2.75, 3.05) is 13.1 Å². The number of rotatable bonds is 5. The lowest BCUT2D eigenvalue weighted by molar-refractivity contribution is -0.130. The minimum atomic E-state index is -1.33. The Balaban J connectivity index is 1.40. The molecule has 2 amide bonds. The van der Waals surface area contributed by atoms with Crippen molar-refractivity contribution < 1.29 is 22.8 Å². The summed E-state index contributed by atoms with van der Waals surface area (Å²) in [4.78, 5) is 25.9. The summed E-state index contributed by atoms with van der Waals surface area (Å²) in [6.45, 7) is 1.27. The van der Waals surface area contributed by atoms with Crippen LogP contribution in [0.15, 0.2) is 12.1 Å². The molecule has 29 heavy (non-hydrogen) atoms. The van der Waals surface area contributed by atoms with Gasteiger partial charge < -0.3 is 14.8 Å². The van der Waals surface area contributed by atoms with Gasteiger partial charge in [0, 0.05) is 37.5 Å². The first-order valence-corrected chi connectivity index (χ1v) is 9.53. The summed E-state index contributed by atoms with van der Waals surface area (Å²) in [5.74, 6) is -2.57. The smallest absolute Gasteiger partial charge is 0.227 e. The van der Waals surface area contributed by atoms with E-state index in [0.717, 1.165) is 18.9 Å². The molecule has 1 aliphatic heterocycles. The lowest BCUT2D eigenvalue weighted by Crippen LogP contribution is -2.35. The molecule has 1 N–H and O–H groups in total. The molecule has 0 spiro atoms. The summed E-state index contributed by atoms with van der Waals surface area (Å²) < 4.78 is 42.9. The van der Waals surface area contributed by atoms with Gasteiger partial charge in [0.25, 0.3) is 0 Å². The molecule has 0 saturated heterocycles. The summed E-state index contributed by atoms with van der Waals surface area (Å²) in [6, 6.07) is 1.51. The Hall–Kier alpha value is -2.91. The van der Waals surface area contributed by atoms with Crippen LogP contribution in [0, 0.1) is 23.4 Å². The Labute approximate surface area is 164 Å². The van der Waals surface area contributed by atoms with Crippen LogP contribution in [-0.2, 0) is 35.5 Å². The molecular formula is C19H20F3N5O2. The maximum Gasteiger partial charge on any atom is 0.227 e. The van der Waals surface area contributed by atoms with E-state index in [1.54, 1.807) is 0 Å². The highest BCUT2D eigenvalue weighted by molar-refractivity contribution is 5.80. The summed E-state index contributed by atoms with van der Waals surface area (Å²) in [5, 5.41) is 11.1. The van der Waals surface area contributed by atoms with E-state index in [-0.39, 0.29) is 18.4 Å². The summed E-state index contributed by atoms with van der Waals surface area (Å²) in [7, 11) is 0. The van der Waals surface area contributed by atoms with Crippen molar-refractivity contribution in [3.63, 3.8) is 0 Å². The van der Waals surface area contributed by atoms with Crippen molar-refractivity contribution in [1.82, 2.24) is 25.0 Å². The van der Waals surface area contributed by atoms with Crippen LogP contribution in [0.25, 0.3) is 0 Å². The third-order valence-electron chi connectivity index (χ3n) is 5.29. The van der Waals surface area contributed by atoms with E-state index >= 15 is 0 Å². The van der Waals surface area contributed by atoms with Crippen molar-refractivity contribution in [2.24, 2.45) is 5.92 Å². The van der Waals surface area contributed by atoms with Gasteiger partial charge in [-0.25, -0.2) is 13.2 Å². The Kier molecular flexibility index (Phi) is 5.25. The topological polar surface area (TPSA) is 80.1 Å². The summed E-state index contributed by atoms with van der Waals surface area (Å²) >= 11 is 0. The number of carbonyl (C=O) groups excluding carboxylic acids is 2. The molecule has 7 nitrogen and oxygen atoms in total. The number of fused-ring (bicyclic) bond motifs is 1. The number of aromatic nitrogens is 3. The van der Waals surface area contributed by atoms with Crippen LogP contribution in [0.1, 0.15) is 30.1 Å². The fourth-order valence-electron chi connectivity index (χ4n) is 3.41. The SMILES string of the molecule is O=C(NCc1nnc2n1CCN(C(=O)Cc1c(F)ccc(F)c1F)CC2)C1CC1. The standard InChI is InChI=1S/C19H20F3N5O2/c20-13-3-4-14(21)18(22)12(13)9-17(28)26-6-5-15-24-25-16(27(15)8-7-26)10-23-19(29)11-1-2-11/h3-4,11H,1-2,5-10H2,(H,23,29). The second-order valence-corrected chi connectivity index (χ2v) is 7.31. The number of hydrogen-bond donors (Lipinski definition) is 1. The van der Waals surface area contributed by atoms with Gasteiger partial charge >= 0.3 is 0 Å². The normalized spacial score (nSPS) is 16.3. The van der Waals surface area contributed by atoms with E-state index in [2.05, 4.69) is 15.5 Å². The van der Waals surface area contributed by atoms with Crippen LogP contribution in [-0.4, -0.2) is 44.6 Å². The lowest BCUT2D eigenvalue weighted by atomic mass is 10.1. The number of nitrogens with one attached hydrogen (secondary N) is 1. The summed E-state index contributed by atoms with van der Waals surface area (Å²) in [5.41, 5.74) is -0.567. The molecule has 154 valence electrons. The second-order valence-electron chi connectivity index (χ2n) is 7.31. The van der Waals surface area contributed by atoms with E-state index in [1.807, 2.05) is 4.57 Å². The van der Waals surface area contributed by atoms with Crippen molar-refractivity contribution in [1.29, 1.82) is 0 Å². The number of amides is 2. The molecule has 2 heterocycles. The van der Waals surface area contributed by atoms with Gasteiger partial charge in [0.2, 0.25) is 11.8 Å². The molecule has 2 aromatic rings. The molecule has 1 aromatic heterocycles. The highest BCUT2D eigenvalue weighted by atomic mass is 19.2. The number of carbonyl (C=O) groups is 2. The van der Waals surface area contributed by atoms with Gasteiger partial charge in [-0.15, -0.1) is 10.2 Å². The van der Waals surface area contributed by atoms with Gasteiger partial charge in [-0.1, -0.05) is 0 Å². The van der Waals surface area contributed by atoms with Crippen LogP contribution < -0.4 is 5.32 Å². The molecule has 1 aliphatic carbocycles. The molecule has 4 rings (SSSR count). The van der Waals surface area contributed by atoms with Crippen molar-refractivity contribution in [2.45, 2.75) is 38.8 Å². The first kappa shape index (κ1) is 19.4. The maximum atomic E-state index is 13.9. The number of hydrogen-bond acceptors (Lipinski definition) is 4. The monoisotopic (exact) mass is 407 g/mol. The Bertz CT molecular complexity index is 958. The average molecular weight is 407 g/mol. The zero-order valence-corrected chi connectivity index (χ0v) is 15.6. The van der Waals surface area contributed by atoms with Gasteiger partial charge in [0.1, 0.15) is 11.6 Å². The molecule has 1 aromatic carbocycles. The highest BCUT2D eigenvalue weighted by Crippen LogP contribution is 2.28. The molecule has 1 fully saturated rings. The third-order valence-corrected chi connectivity index (χ3v) is 5.29. The zero-order valence-electron chi connectivity index (χ0n) is 15.6. The highest BCUT2D eigenvalue weighted by Gasteiger charge is 2.30. The fraction of sp³-hybridized carbons (Fsp3) is 0.474. The van der Waals surface area contributed by atoms with E-state index in [4.69, 9.17) is 0 Å². The molecule has 10 heteroatoms. The van der Waals surface area contributed by atoms with Gasteiger partial charge in [-0.05, 0) is 25.0 Å². The van der Waals surface area contributed by atoms with E-state index in [1.165, 1.54) is 4.90 Å². The second kappa shape index (κ2) is 7.84. The van der Waals surface area contributed by atoms with E-state index in [0.29, 0.717) is 43.8 Å². The minimum Gasteiger partial charge on any atom is -0.349 e. The van der Waals surface area contributed by atoms with Crippen molar-refractivity contribution in [3.8, 4) is 0 Å². The summed E-state index contributed by atoms with van der Waals surface area (Å²) in [6.07, 6.45) is 1.68. The largest absolute Gasteiger partial charge is 0.349 e. The van der Waals surface area contributed by atoms with Crippen LogP contribution in [0.2, 0.25) is 0 Å². The fourth-order valence-corrected chi connectivity index (χ4v) is 3.41.